The number of nitrogens with one attached hydrogen (secondary N) is 1. The molecule has 0 heterocycles. The van der Waals surface area contributed by atoms with Gasteiger partial charge in [-0.1, -0.05) is 23.7 Å². The van der Waals surface area contributed by atoms with E-state index in [4.69, 9.17) is 22.1 Å². The Morgan fingerprint density at radius 1 is 1.30 bits per heavy atom. The molecule has 0 unspecified atom stereocenters. The highest BCUT2D eigenvalue weighted by Gasteiger charge is 2.08. The number of ether oxygens (including phenoxy) is 1. The average Bonchev–Trinajstić information content (AvgIpc) is 2.42. The fourth-order valence-corrected chi connectivity index (χ4v) is 2.24. The Morgan fingerprint density at radius 2 is 2.05 bits per heavy atom. The monoisotopic (exact) mass is 402 g/mol. The molecule has 3 N–H and O–H groups in total. The topological polar surface area (TPSA) is 64.3 Å². The fraction of sp³-hybridized carbons (Fsp3) is 0.0714. The lowest BCUT2D eigenvalue weighted by molar-refractivity contribution is -0.118. The molecule has 0 aliphatic heterocycles. The van der Waals surface area contributed by atoms with Gasteiger partial charge in [-0.25, -0.2) is 0 Å². The summed E-state index contributed by atoms with van der Waals surface area (Å²) in [4.78, 5) is 11.8. The number of benzene rings is 2. The number of nitrogen functional groups attached to an aromatic ring is 1. The summed E-state index contributed by atoms with van der Waals surface area (Å²) in [7, 11) is 0. The van der Waals surface area contributed by atoms with Gasteiger partial charge < -0.3 is 15.8 Å². The molecule has 0 fully saturated rings. The first-order valence-corrected chi connectivity index (χ1v) is 7.24. The molecule has 0 spiro atoms. The summed E-state index contributed by atoms with van der Waals surface area (Å²) in [5, 5.41) is 3.09. The maximum Gasteiger partial charge on any atom is 0.262 e. The van der Waals surface area contributed by atoms with E-state index in [1.165, 1.54) is 0 Å². The highest BCUT2D eigenvalue weighted by atomic mass is 127. The van der Waals surface area contributed by atoms with E-state index < -0.39 is 0 Å². The number of anilines is 2. The zero-order valence-corrected chi connectivity index (χ0v) is 13.3. The fourth-order valence-electron chi connectivity index (χ4n) is 1.53. The van der Waals surface area contributed by atoms with Gasteiger partial charge in [-0.2, -0.15) is 0 Å². The number of hydrogen-bond acceptors (Lipinski definition) is 3. The normalized spacial score (nSPS) is 10.1. The summed E-state index contributed by atoms with van der Waals surface area (Å²) in [5.41, 5.74) is 6.65. The van der Waals surface area contributed by atoms with Crippen molar-refractivity contribution in [2.24, 2.45) is 0 Å². The van der Waals surface area contributed by atoms with Crippen molar-refractivity contribution in [3.63, 3.8) is 0 Å². The number of hydrogen-bond donors (Lipinski definition) is 2. The molecule has 6 heteroatoms. The average molecular weight is 403 g/mol. The van der Waals surface area contributed by atoms with Crippen LogP contribution in [0.25, 0.3) is 0 Å². The van der Waals surface area contributed by atoms with Crippen LogP contribution in [0.2, 0.25) is 5.02 Å². The largest absolute Gasteiger partial charge is 0.483 e. The number of halogens is 2. The van der Waals surface area contributed by atoms with Crippen molar-refractivity contribution in [3.8, 4) is 5.75 Å². The zero-order chi connectivity index (χ0) is 14.5. The van der Waals surface area contributed by atoms with Gasteiger partial charge in [0.15, 0.2) is 6.61 Å². The van der Waals surface area contributed by atoms with E-state index in [-0.39, 0.29) is 12.5 Å². The zero-order valence-electron chi connectivity index (χ0n) is 10.4. The molecular weight excluding hydrogens is 391 g/mol. The standard InChI is InChI=1S/C14H12ClIN2O2/c15-10-6-5-9(17)7-12(10)18-14(19)8-20-13-4-2-1-3-11(13)16/h1-7H,8,17H2,(H,18,19). The first kappa shape index (κ1) is 14.9. The molecule has 0 aliphatic carbocycles. The van der Waals surface area contributed by atoms with Gasteiger partial charge in [0, 0.05) is 5.69 Å². The molecule has 0 saturated heterocycles. The third-order valence-electron chi connectivity index (χ3n) is 2.46. The summed E-state index contributed by atoms with van der Waals surface area (Å²) in [6.45, 7) is -0.0921. The van der Waals surface area contributed by atoms with E-state index in [0.717, 1.165) is 3.57 Å². The Bertz CT molecular complexity index is 634. The van der Waals surface area contributed by atoms with Crippen LogP contribution in [0.5, 0.6) is 5.75 Å². The first-order valence-electron chi connectivity index (χ1n) is 5.78. The second kappa shape index (κ2) is 6.81. The third-order valence-corrected chi connectivity index (χ3v) is 3.68. The van der Waals surface area contributed by atoms with Gasteiger partial charge >= 0.3 is 0 Å². The molecule has 0 radical (unpaired) electrons. The van der Waals surface area contributed by atoms with Crippen molar-refractivity contribution in [1.82, 2.24) is 0 Å². The van der Waals surface area contributed by atoms with Gasteiger partial charge in [0.25, 0.3) is 5.91 Å². The molecule has 2 aromatic rings. The van der Waals surface area contributed by atoms with E-state index in [1.54, 1.807) is 18.2 Å². The SMILES string of the molecule is Nc1ccc(Cl)c(NC(=O)COc2ccccc2I)c1. The molecule has 0 saturated carbocycles. The van der Waals surface area contributed by atoms with Gasteiger partial charge in [0.1, 0.15) is 5.75 Å². The van der Waals surface area contributed by atoms with Crippen LogP contribution in [0.15, 0.2) is 42.5 Å². The lowest BCUT2D eigenvalue weighted by Gasteiger charge is -2.10. The van der Waals surface area contributed by atoms with Crippen molar-refractivity contribution in [3.05, 3.63) is 51.1 Å². The number of rotatable bonds is 4. The van der Waals surface area contributed by atoms with Crippen LogP contribution in [0.3, 0.4) is 0 Å². The van der Waals surface area contributed by atoms with Crippen molar-refractivity contribution in [2.45, 2.75) is 0 Å². The van der Waals surface area contributed by atoms with E-state index in [1.807, 2.05) is 24.3 Å². The quantitative estimate of drug-likeness (QED) is 0.607. The molecule has 104 valence electrons. The minimum atomic E-state index is -0.294. The summed E-state index contributed by atoms with van der Waals surface area (Å²) in [5.74, 6) is 0.374. The highest BCUT2D eigenvalue weighted by Crippen LogP contribution is 2.24. The summed E-state index contributed by atoms with van der Waals surface area (Å²) in [6.07, 6.45) is 0. The summed E-state index contributed by atoms with van der Waals surface area (Å²) >= 11 is 8.12. The van der Waals surface area contributed by atoms with E-state index in [2.05, 4.69) is 27.9 Å². The second-order valence-electron chi connectivity index (χ2n) is 4.01. The van der Waals surface area contributed by atoms with Crippen LogP contribution in [0, 0.1) is 3.57 Å². The molecule has 0 bridgehead atoms. The number of carbonyl (C=O) groups excluding carboxylic acids is 1. The molecular formula is C14H12ClIN2O2. The molecule has 2 rings (SSSR count). The number of nitrogens with two attached hydrogens (primary N) is 1. The second-order valence-corrected chi connectivity index (χ2v) is 5.58. The van der Waals surface area contributed by atoms with E-state index in [0.29, 0.717) is 22.1 Å². The molecule has 0 aliphatic rings. The Balaban J connectivity index is 1.96. The van der Waals surface area contributed by atoms with Gasteiger partial charge in [-0.15, -0.1) is 0 Å². The Morgan fingerprint density at radius 3 is 2.80 bits per heavy atom. The highest BCUT2D eigenvalue weighted by molar-refractivity contribution is 14.1. The van der Waals surface area contributed by atoms with Crippen LogP contribution in [-0.4, -0.2) is 12.5 Å². The van der Waals surface area contributed by atoms with Gasteiger partial charge in [0.2, 0.25) is 0 Å². The molecule has 4 nitrogen and oxygen atoms in total. The Labute approximate surface area is 135 Å². The smallest absolute Gasteiger partial charge is 0.262 e. The third kappa shape index (κ3) is 4.01. The van der Waals surface area contributed by atoms with Crippen molar-refractivity contribution < 1.29 is 9.53 Å². The summed E-state index contributed by atoms with van der Waals surface area (Å²) in [6, 6.07) is 12.4. The molecule has 1 amide bonds. The lowest BCUT2D eigenvalue weighted by atomic mass is 10.3. The predicted octanol–water partition coefficient (Wildman–Crippen LogP) is 3.54. The van der Waals surface area contributed by atoms with Crippen LogP contribution in [0.4, 0.5) is 11.4 Å². The first-order chi connectivity index (χ1) is 9.56. The van der Waals surface area contributed by atoms with Crippen LogP contribution >= 0.6 is 34.2 Å². The minimum absolute atomic E-state index is 0.0921. The Hall–Kier alpha value is -1.47. The van der Waals surface area contributed by atoms with Crippen molar-refractivity contribution >= 4 is 51.5 Å². The molecule has 0 aromatic heterocycles. The maximum atomic E-state index is 11.8. The number of para-hydroxylation sites is 1. The summed E-state index contributed by atoms with van der Waals surface area (Å²) < 4.78 is 6.39. The lowest BCUT2D eigenvalue weighted by Crippen LogP contribution is -2.20. The molecule has 0 atom stereocenters. The number of amides is 1. The minimum Gasteiger partial charge on any atom is -0.483 e. The molecule has 20 heavy (non-hydrogen) atoms. The van der Waals surface area contributed by atoms with Gasteiger partial charge in [-0.3, -0.25) is 4.79 Å². The van der Waals surface area contributed by atoms with E-state index in [9.17, 15) is 4.79 Å². The van der Waals surface area contributed by atoms with Crippen LogP contribution in [0.1, 0.15) is 0 Å². The predicted molar refractivity (Wildman–Crippen MR) is 89.1 cm³/mol. The van der Waals surface area contributed by atoms with Crippen LogP contribution < -0.4 is 15.8 Å². The maximum absolute atomic E-state index is 11.8. The number of carbonyl (C=O) groups is 1. The molecule has 2 aromatic carbocycles. The Kier molecular flexibility index (Phi) is 5.08. The van der Waals surface area contributed by atoms with Crippen molar-refractivity contribution in [1.29, 1.82) is 0 Å². The van der Waals surface area contributed by atoms with Gasteiger partial charge in [-0.05, 0) is 52.9 Å². The van der Waals surface area contributed by atoms with Crippen LogP contribution in [-0.2, 0) is 4.79 Å². The van der Waals surface area contributed by atoms with E-state index >= 15 is 0 Å². The van der Waals surface area contributed by atoms with Gasteiger partial charge in [0.05, 0.1) is 14.3 Å². The van der Waals surface area contributed by atoms with Crippen molar-refractivity contribution in [2.75, 3.05) is 17.7 Å².